The highest BCUT2D eigenvalue weighted by molar-refractivity contribution is 7.99. The second kappa shape index (κ2) is 7.27. The lowest BCUT2D eigenvalue weighted by Gasteiger charge is -2.13. The first kappa shape index (κ1) is 16.8. The van der Waals surface area contributed by atoms with Crippen LogP contribution in [0.5, 0.6) is 0 Å². The quantitative estimate of drug-likeness (QED) is 0.539. The Kier molecular flexibility index (Phi) is 5.10. The molecule has 0 aliphatic heterocycles. The molecule has 0 saturated heterocycles. The molecule has 0 aliphatic carbocycles. The molecule has 1 aromatic heterocycles. The summed E-state index contributed by atoms with van der Waals surface area (Å²) in [5, 5.41) is 1.06. The fraction of sp³-hybridized carbons (Fsp3) is 0.286. The highest BCUT2D eigenvalue weighted by Gasteiger charge is 2.14. The molecule has 0 N–H and O–H groups in total. The molecule has 0 atom stereocenters. The molecule has 24 heavy (non-hydrogen) atoms. The van der Waals surface area contributed by atoms with Gasteiger partial charge in [0, 0.05) is 17.0 Å². The zero-order valence-electron chi connectivity index (χ0n) is 14.8. The van der Waals surface area contributed by atoms with E-state index in [9.17, 15) is 0 Å². The Morgan fingerprint density at radius 2 is 1.50 bits per heavy atom. The van der Waals surface area contributed by atoms with E-state index in [0.29, 0.717) is 5.92 Å². The van der Waals surface area contributed by atoms with Gasteiger partial charge in [-0.25, -0.2) is 4.98 Å². The smallest absolute Gasteiger partial charge is 0.173 e. The van der Waals surface area contributed by atoms with Crippen LogP contribution in [0, 0.1) is 19.8 Å². The standard InChI is InChI=1S/C21H24N2S/c1-15(2)14-24-21-22-13-20(18-9-5-16(3)6-10-18)23(21)19-11-7-17(4)8-12-19/h5-13,15H,14H2,1-4H3. The Morgan fingerprint density at radius 3 is 2.08 bits per heavy atom. The first-order valence-electron chi connectivity index (χ1n) is 8.39. The minimum Gasteiger partial charge on any atom is -0.287 e. The van der Waals surface area contributed by atoms with Crippen molar-refractivity contribution in [1.29, 1.82) is 0 Å². The van der Waals surface area contributed by atoms with Crippen molar-refractivity contribution < 1.29 is 0 Å². The first-order chi connectivity index (χ1) is 11.5. The van der Waals surface area contributed by atoms with Gasteiger partial charge in [-0.15, -0.1) is 0 Å². The van der Waals surface area contributed by atoms with Gasteiger partial charge in [-0.1, -0.05) is 73.1 Å². The van der Waals surface area contributed by atoms with E-state index in [1.807, 2.05) is 18.0 Å². The van der Waals surface area contributed by atoms with Gasteiger partial charge < -0.3 is 0 Å². The van der Waals surface area contributed by atoms with Crippen LogP contribution in [0.1, 0.15) is 25.0 Å². The maximum Gasteiger partial charge on any atom is 0.173 e. The van der Waals surface area contributed by atoms with Gasteiger partial charge in [-0.05, 0) is 31.9 Å². The number of aryl methyl sites for hydroxylation is 2. The molecule has 3 aromatic rings. The number of hydrogen-bond donors (Lipinski definition) is 0. The highest BCUT2D eigenvalue weighted by atomic mass is 32.2. The van der Waals surface area contributed by atoms with Gasteiger partial charge >= 0.3 is 0 Å². The monoisotopic (exact) mass is 336 g/mol. The minimum atomic E-state index is 0.640. The molecule has 1 heterocycles. The largest absolute Gasteiger partial charge is 0.287 e. The van der Waals surface area contributed by atoms with Crippen LogP contribution in [0.25, 0.3) is 16.9 Å². The Morgan fingerprint density at radius 1 is 0.917 bits per heavy atom. The summed E-state index contributed by atoms with van der Waals surface area (Å²) in [7, 11) is 0. The van der Waals surface area contributed by atoms with E-state index < -0.39 is 0 Å². The molecule has 2 nitrogen and oxygen atoms in total. The molecule has 2 aromatic carbocycles. The van der Waals surface area contributed by atoms with Gasteiger partial charge in [0.15, 0.2) is 5.16 Å². The fourth-order valence-electron chi connectivity index (χ4n) is 2.55. The van der Waals surface area contributed by atoms with Crippen LogP contribution in [0.4, 0.5) is 0 Å². The summed E-state index contributed by atoms with van der Waals surface area (Å²) in [4.78, 5) is 4.71. The van der Waals surface area contributed by atoms with E-state index in [4.69, 9.17) is 4.98 Å². The summed E-state index contributed by atoms with van der Waals surface area (Å²) in [6, 6.07) is 17.3. The maximum atomic E-state index is 4.71. The molecule has 0 fully saturated rings. The normalized spacial score (nSPS) is 11.2. The molecule has 0 amide bonds. The molecule has 3 heteroatoms. The SMILES string of the molecule is Cc1ccc(-c2cnc(SCC(C)C)n2-c2ccc(C)cc2)cc1. The van der Waals surface area contributed by atoms with Gasteiger partial charge in [-0.3, -0.25) is 4.57 Å². The van der Waals surface area contributed by atoms with E-state index in [-0.39, 0.29) is 0 Å². The lowest BCUT2D eigenvalue weighted by Crippen LogP contribution is -2.01. The third-order valence-corrected chi connectivity index (χ3v) is 5.29. The predicted molar refractivity (Wildman–Crippen MR) is 104 cm³/mol. The molecular formula is C21H24N2S. The summed E-state index contributed by atoms with van der Waals surface area (Å²) < 4.78 is 2.27. The summed E-state index contributed by atoms with van der Waals surface area (Å²) in [5.74, 6) is 1.71. The number of thioether (sulfide) groups is 1. The van der Waals surface area contributed by atoms with Crippen molar-refractivity contribution in [1.82, 2.24) is 9.55 Å². The zero-order chi connectivity index (χ0) is 17.1. The molecule has 0 bridgehead atoms. The molecule has 0 unspecified atom stereocenters. The Bertz CT molecular complexity index is 799. The average molecular weight is 337 g/mol. The highest BCUT2D eigenvalue weighted by Crippen LogP contribution is 2.30. The van der Waals surface area contributed by atoms with Crippen LogP contribution < -0.4 is 0 Å². The van der Waals surface area contributed by atoms with Gasteiger partial charge in [0.2, 0.25) is 0 Å². The van der Waals surface area contributed by atoms with E-state index in [1.54, 1.807) is 0 Å². The van der Waals surface area contributed by atoms with Crippen LogP contribution in [0.2, 0.25) is 0 Å². The van der Waals surface area contributed by atoms with Crippen molar-refractivity contribution in [2.45, 2.75) is 32.9 Å². The number of imidazole rings is 1. The second-order valence-electron chi connectivity index (χ2n) is 6.67. The van der Waals surface area contributed by atoms with Gasteiger partial charge in [-0.2, -0.15) is 0 Å². The predicted octanol–water partition coefficient (Wildman–Crippen LogP) is 5.90. The molecule has 3 rings (SSSR count). The van der Waals surface area contributed by atoms with E-state index >= 15 is 0 Å². The van der Waals surface area contributed by atoms with Crippen LogP contribution >= 0.6 is 11.8 Å². The molecule has 0 radical (unpaired) electrons. The third kappa shape index (κ3) is 3.73. The van der Waals surface area contributed by atoms with Crippen LogP contribution in [0.15, 0.2) is 59.9 Å². The third-order valence-electron chi connectivity index (χ3n) is 3.91. The summed E-state index contributed by atoms with van der Waals surface area (Å²) in [6.45, 7) is 8.72. The van der Waals surface area contributed by atoms with Crippen molar-refractivity contribution in [2.75, 3.05) is 5.75 Å². The van der Waals surface area contributed by atoms with Gasteiger partial charge in [0.25, 0.3) is 0 Å². The van der Waals surface area contributed by atoms with Crippen LogP contribution in [0.3, 0.4) is 0 Å². The van der Waals surface area contributed by atoms with Crippen molar-refractivity contribution >= 4 is 11.8 Å². The molecular weight excluding hydrogens is 312 g/mol. The van der Waals surface area contributed by atoms with E-state index in [2.05, 4.69) is 80.8 Å². The van der Waals surface area contributed by atoms with Crippen molar-refractivity contribution in [3.8, 4) is 16.9 Å². The molecule has 0 saturated carbocycles. The van der Waals surface area contributed by atoms with Crippen molar-refractivity contribution in [2.24, 2.45) is 5.92 Å². The Hall–Kier alpha value is -2.00. The number of hydrogen-bond acceptors (Lipinski definition) is 2. The lowest BCUT2D eigenvalue weighted by molar-refractivity contribution is 0.746. The van der Waals surface area contributed by atoms with Gasteiger partial charge in [0.1, 0.15) is 0 Å². The number of benzene rings is 2. The van der Waals surface area contributed by atoms with Crippen molar-refractivity contribution in [3.05, 3.63) is 65.9 Å². The topological polar surface area (TPSA) is 17.8 Å². The maximum absolute atomic E-state index is 4.71. The van der Waals surface area contributed by atoms with Gasteiger partial charge in [0.05, 0.1) is 11.9 Å². The number of nitrogens with zero attached hydrogens (tertiary/aromatic N) is 2. The van der Waals surface area contributed by atoms with E-state index in [1.165, 1.54) is 22.4 Å². The first-order valence-corrected chi connectivity index (χ1v) is 9.38. The molecule has 0 aliphatic rings. The molecule has 0 spiro atoms. The fourth-order valence-corrected chi connectivity index (χ4v) is 3.49. The Balaban J connectivity index is 2.08. The lowest BCUT2D eigenvalue weighted by atomic mass is 10.1. The molecule has 124 valence electrons. The summed E-state index contributed by atoms with van der Waals surface area (Å²) in [5.41, 5.74) is 6.05. The number of aromatic nitrogens is 2. The van der Waals surface area contributed by atoms with Crippen LogP contribution in [-0.2, 0) is 0 Å². The summed E-state index contributed by atoms with van der Waals surface area (Å²) in [6.07, 6.45) is 1.99. The minimum absolute atomic E-state index is 0.640. The average Bonchev–Trinajstić information content (AvgIpc) is 2.98. The Labute approximate surface area is 148 Å². The summed E-state index contributed by atoms with van der Waals surface area (Å²) >= 11 is 1.82. The zero-order valence-corrected chi connectivity index (χ0v) is 15.6. The van der Waals surface area contributed by atoms with Crippen molar-refractivity contribution in [3.63, 3.8) is 0 Å². The van der Waals surface area contributed by atoms with Crippen LogP contribution in [-0.4, -0.2) is 15.3 Å². The van der Waals surface area contributed by atoms with E-state index in [0.717, 1.165) is 16.6 Å². The number of rotatable bonds is 5. The second-order valence-corrected chi connectivity index (χ2v) is 7.66.